The molecule has 0 spiro atoms. The van der Waals surface area contributed by atoms with Gasteiger partial charge < -0.3 is 4.74 Å². The number of halogens is 1. The van der Waals surface area contributed by atoms with Crippen molar-refractivity contribution >= 4 is 43.1 Å². The van der Waals surface area contributed by atoms with Crippen molar-refractivity contribution in [3.05, 3.63) is 49.7 Å². The molecule has 1 aromatic carbocycles. The van der Waals surface area contributed by atoms with Gasteiger partial charge in [-0.15, -0.1) is 16.4 Å². The lowest BCUT2D eigenvalue weighted by molar-refractivity contribution is -0.0379. The fourth-order valence-electron chi connectivity index (χ4n) is 3.36. The fraction of sp³-hybridized carbons (Fsp3) is 0.278. The zero-order valence-corrected chi connectivity index (χ0v) is 16.6. The van der Waals surface area contributed by atoms with E-state index in [2.05, 4.69) is 39.9 Å². The number of rotatable bonds is 1. The van der Waals surface area contributed by atoms with Crippen LogP contribution in [0, 0.1) is 0 Å². The summed E-state index contributed by atoms with van der Waals surface area (Å²) in [4.78, 5) is 22.2. The predicted octanol–water partition coefficient (Wildman–Crippen LogP) is 3.91. The van der Waals surface area contributed by atoms with Crippen molar-refractivity contribution in [2.45, 2.75) is 32.5 Å². The summed E-state index contributed by atoms with van der Waals surface area (Å²) < 4.78 is 8.28. The van der Waals surface area contributed by atoms with Crippen molar-refractivity contribution in [2.75, 3.05) is 0 Å². The third-order valence-electron chi connectivity index (χ3n) is 4.63. The van der Waals surface area contributed by atoms with Crippen LogP contribution in [-0.4, -0.2) is 25.2 Å². The molecule has 0 atom stereocenters. The van der Waals surface area contributed by atoms with Gasteiger partial charge in [0, 0.05) is 21.3 Å². The minimum absolute atomic E-state index is 0.233. The van der Waals surface area contributed by atoms with Crippen molar-refractivity contribution in [3.8, 4) is 11.4 Å². The van der Waals surface area contributed by atoms with E-state index in [9.17, 15) is 4.79 Å². The zero-order valence-electron chi connectivity index (χ0n) is 14.2. The Morgan fingerprint density at radius 1 is 1.31 bits per heavy atom. The Labute approximate surface area is 161 Å². The summed E-state index contributed by atoms with van der Waals surface area (Å²) in [5.74, 6) is 0.543. The summed E-state index contributed by atoms with van der Waals surface area (Å²) in [5, 5.41) is 5.43. The summed E-state index contributed by atoms with van der Waals surface area (Å²) in [6.45, 7) is 4.72. The first-order valence-corrected chi connectivity index (χ1v) is 9.85. The lowest BCUT2D eigenvalue weighted by atomic mass is 9.94. The molecule has 0 bridgehead atoms. The maximum atomic E-state index is 12.5. The van der Waals surface area contributed by atoms with Crippen LogP contribution in [-0.2, 0) is 17.8 Å². The number of ether oxygens (including phenoxy) is 1. The zero-order chi connectivity index (χ0) is 18.1. The molecule has 0 saturated carbocycles. The van der Waals surface area contributed by atoms with Crippen LogP contribution in [0.5, 0.6) is 0 Å². The normalized spacial score (nSPS) is 16.3. The molecule has 5 rings (SSSR count). The van der Waals surface area contributed by atoms with Gasteiger partial charge in [0.2, 0.25) is 0 Å². The fourth-order valence-corrected chi connectivity index (χ4v) is 4.75. The number of nitrogens with one attached hydrogen (secondary N) is 1. The number of aromatic amines is 1. The summed E-state index contributed by atoms with van der Waals surface area (Å²) in [6, 6.07) is 7.74. The van der Waals surface area contributed by atoms with Gasteiger partial charge in [0.25, 0.3) is 0 Å². The number of aromatic nitrogens is 4. The number of nitrogens with zero attached hydrogens (tertiary/aromatic N) is 3. The largest absolute Gasteiger partial charge is 0.370 e. The van der Waals surface area contributed by atoms with E-state index in [4.69, 9.17) is 9.72 Å². The number of hydrogen-bond acceptors (Lipinski definition) is 5. The Morgan fingerprint density at radius 3 is 2.85 bits per heavy atom. The molecule has 0 aliphatic carbocycles. The van der Waals surface area contributed by atoms with E-state index in [0.717, 1.165) is 31.6 Å². The standard InChI is InChI=1S/C18H15BrN4O2S/c1-18(2)7-11-12(8-25-18)26-16-13(11)15-20-14(22-23(15)17(24)21-16)9-3-5-10(19)6-4-9/h3-6H,7-8H2,1-2H3,(H,21,24). The van der Waals surface area contributed by atoms with Gasteiger partial charge in [0.05, 0.1) is 17.6 Å². The molecule has 1 N–H and O–H groups in total. The van der Waals surface area contributed by atoms with Crippen LogP contribution in [0.4, 0.5) is 0 Å². The number of thiophene rings is 1. The number of hydrogen-bond donors (Lipinski definition) is 1. The van der Waals surface area contributed by atoms with Gasteiger partial charge in [-0.2, -0.15) is 4.52 Å². The molecule has 4 heterocycles. The molecule has 0 radical (unpaired) electrons. The van der Waals surface area contributed by atoms with E-state index >= 15 is 0 Å². The lowest BCUT2D eigenvalue weighted by Crippen LogP contribution is -2.31. The second kappa shape index (κ2) is 5.48. The molecule has 132 valence electrons. The maximum absolute atomic E-state index is 12.5. The van der Waals surface area contributed by atoms with Gasteiger partial charge in [-0.25, -0.2) is 9.78 Å². The van der Waals surface area contributed by atoms with Crippen LogP contribution in [0.1, 0.15) is 24.3 Å². The molecule has 0 saturated heterocycles. The molecule has 1 aliphatic heterocycles. The second-order valence-electron chi connectivity index (χ2n) is 7.04. The summed E-state index contributed by atoms with van der Waals surface area (Å²) >= 11 is 5.00. The minimum atomic E-state index is -0.276. The van der Waals surface area contributed by atoms with Gasteiger partial charge in [0.1, 0.15) is 4.83 Å². The van der Waals surface area contributed by atoms with E-state index in [1.807, 2.05) is 24.3 Å². The van der Waals surface area contributed by atoms with E-state index in [0.29, 0.717) is 18.1 Å². The van der Waals surface area contributed by atoms with Crippen LogP contribution in [0.15, 0.2) is 33.5 Å². The topological polar surface area (TPSA) is 72.3 Å². The smallest absolute Gasteiger partial charge is 0.349 e. The van der Waals surface area contributed by atoms with Crippen molar-refractivity contribution in [2.24, 2.45) is 0 Å². The lowest BCUT2D eigenvalue weighted by Gasteiger charge is -2.30. The molecule has 0 fully saturated rings. The van der Waals surface area contributed by atoms with Crippen molar-refractivity contribution in [1.29, 1.82) is 0 Å². The first kappa shape index (κ1) is 16.2. The van der Waals surface area contributed by atoms with Gasteiger partial charge in [-0.3, -0.25) is 4.98 Å². The Hall–Kier alpha value is -2.03. The maximum Gasteiger partial charge on any atom is 0.349 e. The van der Waals surface area contributed by atoms with Crippen LogP contribution >= 0.6 is 27.3 Å². The van der Waals surface area contributed by atoms with E-state index in [1.165, 1.54) is 10.1 Å². The van der Waals surface area contributed by atoms with Gasteiger partial charge in [0.15, 0.2) is 11.5 Å². The number of benzene rings is 1. The van der Waals surface area contributed by atoms with E-state index in [1.54, 1.807) is 11.3 Å². The Balaban J connectivity index is 1.80. The van der Waals surface area contributed by atoms with Gasteiger partial charge >= 0.3 is 5.69 Å². The summed E-state index contributed by atoms with van der Waals surface area (Å²) in [7, 11) is 0. The van der Waals surface area contributed by atoms with Crippen molar-refractivity contribution in [3.63, 3.8) is 0 Å². The highest BCUT2D eigenvalue weighted by atomic mass is 79.9. The highest BCUT2D eigenvalue weighted by molar-refractivity contribution is 9.10. The molecule has 0 unspecified atom stereocenters. The predicted molar refractivity (Wildman–Crippen MR) is 105 cm³/mol. The third kappa shape index (κ3) is 2.44. The van der Waals surface area contributed by atoms with Crippen LogP contribution in [0.2, 0.25) is 0 Å². The summed E-state index contributed by atoms with van der Waals surface area (Å²) in [5.41, 5.74) is 2.18. The third-order valence-corrected chi connectivity index (χ3v) is 6.28. The van der Waals surface area contributed by atoms with Crippen molar-refractivity contribution < 1.29 is 4.74 Å². The van der Waals surface area contributed by atoms with Crippen LogP contribution in [0.3, 0.4) is 0 Å². The molecule has 0 amide bonds. The Morgan fingerprint density at radius 2 is 2.08 bits per heavy atom. The highest BCUT2D eigenvalue weighted by Gasteiger charge is 2.31. The molecule has 4 aromatic rings. The number of H-pyrrole nitrogens is 1. The quantitative estimate of drug-likeness (QED) is 0.496. The first-order valence-electron chi connectivity index (χ1n) is 8.24. The minimum Gasteiger partial charge on any atom is -0.370 e. The van der Waals surface area contributed by atoms with E-state index < -0.39 is 0 Å². The molecule has 1 aliphatic rings. The number of fused-ring (bicyclic) bond motifs is 5. The van der Waals surface area contributed by atoms with Gasteiger partial charge in [-0.05, 0) is 31.5 Å². The van der Waals surface area contributed by atoms with Gasteiger partial charge in [-0.1, -0.05) is 28.1 Å². The monoisotopic (exact) mass is 430 g/mol. The SMILES string of the molecule is CC1(C)Cc2c(sc3[nH]c(=O)n4nc(-c5ccc(Br)cc5)nc4c23)CO1. The molecule has 8 heteroatoms. The summed E-state index contributed by atoms with van der Waals surface area (Å²) in [6.07, 6.45) is 0.782. The first-order chi connectivity index (χ1) is 12.4. The Bertz CT molecular complexity index is 1220. The highest BCUT2D eigenvalue weighted by Crippen LogP contribution is 2.39. The molecule has 6 nitrogen and oxygen atoms in total. The Kier molecular flexibility index (Phi) is 3.41. The molecular weight excluding hydrogens is 416 g/mol. The van der Waals surface area contributed by atoms with E-state index in [-0.39, 0.29) is 11.3 Å². The molecule has 3 aromatic heterocycles. The average Bonchev–Trinajstić information content (AvgIpc) is 3.16. The van der Waals surface area contributed by atoms with Crippen LogP contribution in [0.25, 0.3) is 27.3 Å². The second-order valence-corrected chi connectivity index (χ2v) is 9.06. The molecular formula is C18H15BrN4O2S. The van der Waals surface area contributed by atoms with Crippen LogP contribution < -0.4 is 5.69 Å². The molecule has 26 heavy (non-hydrogen) atoms. The average molecular weight is 431 g/mol. The van der Waals surface area contributed by atoms with Crippen molar-refractivity contribution in [1.82, 2.24) is 19.6 Å².